The third-order valence-electron chi connectivity index (χ3n) is 4.58. The number of carbonyl (C=O) groups is 2. The lowest BCUT2D eigenvalue weighted by Gasteiger charge is -2.23. The van der Waals surface area contributed by atoms with Gasteiger partial charge in [-0.1, -0.05) is 29.8 Å². The summed E-state index contributed by atoms with van der Waals surface area (Å²) in [6.45, 7) is 1.60. The Labute approximate surface area is 162 Å². The van der Waals surface area contributed by atoms with E-state index >= 15 is 0 Å². The van der Waals surface area contributed by atoms with Crippen molar-refractivity contribution >= 4 is 23.4 Å². The molecule has 1 aliphatic rings. The summed E-state index contributed by atoms with van der Waals surface area (Å²) >= 11 is 6.01. The zero-order valence-electron chi connectivity index (χ0n) is 15.0. The summed E-state index contributed by atoms with van der Waals surface area (Å²) < 4.78 is 19.3. The number of methoxy groups -OCH3 is 1. The fourth-order valence-corrected chi connectivity index (χ4v) is 3.42. The standard InChI is InChI=1S/C20H20ClFN2O3/c1-27-17-9-3-2-6-14(17)19(25)23-10-5-11-24(13-12-23)20(26)18-15(21)7-4-8-16(18)22/h2-4,6-9H,5,10-13H2,1H3. The number of rotatable bonds is 3. The number of amides is 2. The Morgan fingerprint density at radius 1 is 0.963 bits per heavy atom. The summed E-state index contributed by atoms with van der Waals surface area (Å²) in [6.07, 6.45) is 0.596. The Balaban J connectivity index is 1.74. The van der Waals surface area contributed by atoms with Gasteiger partial charge < -0.3 is 14.5 Å². The Bertz CT molecular complexity index is 839. The van der Waals surface area contributed by atoms with Crippen molar-refractivity contribution in [2.75, 3.05) is 33.3 Å². The molecule has 7 heteroatoms. The molecule has 0 aromatic heterocycles. The summed E-state index contributed by atoms with van der Waals surface area (Å²) in [4.78, 5) is 28.8. The highest BCUT2D eigenvalue weighted by molar-refractivity contribution is 6.33. The van der Waals surface area contributed by atoms with Gasteiger partial charge in [-0.3, -0.25) is 9.59 Å². The van der Waals surface area contributed by atoms with Crippen LogP contribution in [0, 0.1) is 5.82 Å². The van der Waals surface area contributed by atoms with Gasteiger partial charge in [-0.2, -0.15) is 0 Å². The lowest BCUT2D eigenvalue weighted by molar-refractivity contribution is 0.0714. The second-order valence-corrected chi connectivity index (χ2v) is 6.64. The summed E-state index contributed by atoms with van der Waals surface area (Å²) in [6, 6.07) is 11.2. The van der Waals surface area contributed by atoms with Gasteiger partial charge >= 0.3 is 0 Å². The number of hydrogen-bond acceptors (Lipinski definition) is 3. The maximum atomic E-state index is 14.1. The van der Waals surface area contributed by atoms with Crippen molar-refractivity contribution in [1.29, 1.82) is 0 Å². The van der Waals surface area contributed by atoms with Crippen molar-refractivity contribution in [3.63, 3.8) is 0 Å². The Morgan fingerprint density at radius 3 is 2.30 bits per heavy atom. The van der Waals surface area contributed by atoms with E-state index in [4.69, 9.17) is 16.3 Å². The molecule has 2 aromatic rings. The van der Waals surface area contributed by atoms with E-state index in [0.29, 0.717) is 43.9 Å². The van der Waals surface area contributed by atoms with Crippen LogP contribution in [0.4, 0.5) is 4.39 Å². The van der Waals surface area contributed by atoms with Gasteiger partial charge in [-0.25, -0.2) is 4.39 Å². The van der Waals surface area contributed by atoms with Crippen molar-refractivity contribution in [2.24, 2.45) is 0 Å². The molecule has 0 spiro atoms. The number of carbonyl (C=O) groups excluding carboxylic acids is 2. The Morgan fingerprint density at radius 2 is 1.63 bits per heavy atom. The largest absolute Gasteiger partial charge is 0.496 e. The van der Waals surface area contributed by atoms with Crippen molar-refractivity contribution in [3.05, 3.63) is 64.4 Å². The van der Waals surface area contributed by atoms with E-state index in [1.165, 1.54) is 25.3 Å². The van der Waals surface area contributed by atoms with Crippen molar-refractivity contribution < 1.29 is 18.7 Å². The zero-order chi connectivity index (χ0) is 19.4. The Kier molecular flexibility index (Phi) is 5.96. The number of benzene rings is 2. The highest BCUT2D eigenvalue weighted by Gasteiger charge is 2.27. The van der Waals surface area contributed by atoms with Crippen LogP contribution in [0.15, 0.2) is 42.5 Å². The van der Waals surface area contributed by atoms with E-state index < -0.39 is 11.7 Å². The molecule has 0 atom stereocenters. The van der Waals surface area contributed by atoms with Gasteiger partial charge in [0.05, 0.1) is 23.3 Å². The van der Waals surface area contributed by atoms with Crippen LogP contribution in [-0.4, -0.2) is 54.9 Å². The fraction of sp³-hybridized carbons (Fsp3) is 0.300. The monoisotopic (exact) mass is 390 g/mol. The summed E-state index contributed by atoms with van der Waals surface area (Å²) in [5.41, 5.74) is 0.362. The van der Waals surface area contributed by atoms with E-state index in [0.717, 1.165) is 0 Å². The van der Waals surface area contributed by atoms with Gasteiger partial charge in [0, 0.05) is 26.2 Å². The van der Waals surface area contributed by atoms with Gasteiger partial charge in [0.15, 0.2) is 0 Å². The molecule has 27 heavy (non-hydrogen) atoms. The van der Waals surface area contributed by atoms with Crippen LogP contribution >= 0.6 is 11.6 Å². The first-order chi connectivity index (χ1) is 13.0. The lowest BCUT2D eigenvalue weighted by Crippen LogP contribution is -2.37. The molecule has 3 rings (SSSR count). The third kappa shape index (κ3) is 4.06. The fourth-order valence-electron chi connectivity index (χ4n) is 3.18. The zero-order valence-corrected chi connectivity index (χ0v) is 15.7. The topological polar surface area (TPSA) is 49.9 Å². The van der Waals surface area contributed by atoms with Crippen molar-refractivity contribution in [1.82, 2.24) is 9.80 Å². The van der Waals surface area contributed by atoms with Gasteiger partial charge in [0.2, 0.25) is 0 Å². The molecule has 5 nitrogen and oxygen atoms in total. The average molecular weight is 391 g/mol. The molecule has 0 aliphatic carbocycles. The number of nitrogens with zero attached hydrogens (tertiary/aromatic N) is 2. The molecule has 142 valence electrons. The average Bonchev–Trinajstić information content (AvgIpc) is 2.93. The van der Waals surface area contributed by atoms with Crippen LogP contribution in [0.1, 0.15) is 27.1 Å². The molecule has 2 amide bonds. The Hall–Kier alpha value is -2.60. The SMILES string of the molecule is COc1ccccc1C(=O)N1CCCN(C(=O)c2c(F)cccc2Cl)CC1. The minimum atomic E-state index is -0.640. The molecule has 1 aliphatic heterocycles. The summed E-state index contributed by atoms with van der Waals surface area (Å²) in [5.74, 6) is -0.730. The molecule has 1 heterocycles. The third-order valence-corrected chi connectivity index (χ3v) is 4.90. The van der Waals surface area contributed by atoms with E-state index in [1.54, 1.807) is 34.1 Å². The first-order valence-corrected chi connectivity index (χ1v) is 9.06. The molecule has 2 aromatic carbocycles. The van der Waals surface area contributed by atoms with Crippen molar-refractivity contribution in [2.45, 2.75) is 6.42 Å². The van der Waals surface area contributed by atoms with Crippen LogP contribution in [-0.2, 0) is 0 Å². The second-order valence-electron chi connectivity index (χ2n) is 6.23. The van der Waals surface area contributed by atoms with Gasteiger partial charge in [0.1, 0.15) is 11.6 Å². The summed E-state index contributed by atoms with van der Waals surface area (Å²) in [7, 11) is 1.52. The van der Waals surface area contributed by atoms with Gasteiger partial charge in [-0.15, -0.1) is 0 Å². The van der Waals surface area contributed by atoms with E-state index in [9.17, 15) is 14.0 Å². The predicted molar refractivity (Wildman–Crippen MR) is 101 cm³/mol. The number of halogens is 2. The van der Waals surface area contributed by atoms with Crippen LogP contribution in [0.5, 0.6) is 5.75 Å². The highest BCUT2D eigenvalue weighted by atomic mass is 35.5. The first kappa shape index (κ1) is 19.2. The summed E-state index contributed by atoms with van der Waals surface area (Å²) in [5, 5.41) is 0.0891. The number of para-hydroxylation sites is 1. The normalized spacial score (nSPS) is 14.6. The first-order valence-electron chi connectivity index (χ1n) is 8.68. The molecule has 1 fully saturated rings. The molecular formula is C20H20ClFN2O3. The van der Waals surface area contributed by atoms with Gasteiger partial charge in [0.25, 0.3) is 11.8 Å². The molecule has 0 unspecified atom stereocenters. The number of ether oxygens (including phenoxy) is 1. The quantitative estimate of drug-likeness (QED) is 0.806. The van der Waals surface area contributed by atoms with Crippen LogP contribution in [0.2, 0.25) is 5.02 Å². The minimum absolute atomic E-state index is 0.0891. The van der Waals surface area contributed by atoms with E-state index in [2.05, 4.69) is 0 Å². The molecular weight excluding hydrogens is 371 g/mol. The van der Waals surface area contributed by atoms with Crippen LogP contribution < -0.4 is 4.74 Å². The maximum Gasteiger partial charge on any atom is 0.258 e. The lowest BCUT2D eigenvalue weighted by atomic mass is 10.1. The maximum absolute atomic E-state index is 14.1. The molecule has 0 N–H and O–H groups in total. The smallest absolute Gasteiger partial charge is 0.258 e. The molecule has 0 bridgehead atoms. The molecule has 0 radical (unpaired) electrons. The predicted octanol–water partition coefficient (Wildman–Crippen LogP) is 3.48. The van der Waals surface area contributed by atoms with Crippen molar-refractivity contribution in [3.8, 4) is 5.75 Å². The highest BCUT2D eigenvalue weighted by Crippen LogP contribution is 2.23. The van der Waals surface area contributed by atoms with E-state index in [1.807, 2.05) is 0 Å². The molecule has 0 saturated carbocycles. The second kappa shape index (κ2) is 8.39. The minimum Gasteiger partial charge on any atom is -0.496 e. The molecule has 1 saturated heterocycles. The number of hydrogen-bond donors (Lipinski definition) is 0. The van der Waals surface area contributed by atoms with Crippen LogP contribution in [0.3, 0.4) is 0 Å². The van der Waals surface area contributed by atoms with E-state index in [-0.39, 0.29) is 16.5 Å². The van der Waals surface area contributed by atoms with Gasteiger partial charge in [-0.05, 0) is 30.7 Å². The van der Waals surface area contributed by atoms with Crippen LogP contribution in [0.25, 0.3) is 0 Å².